The lowest BCUT2D eigenvalue weighted by atomic mass is 9.99. The topological polar surface area (TPSA) is 63.9 Å². The second kappa shape index (κ2) is 7.15. The Morgan fingerprint density at radius 1 is 1.31 bits per heavy atom. The lowest BCUT2D eigenvalue weighted by molar-refractivity contribution is -0.129. The molecule has 2 aromatic heterocycles. The lowest BCUT2D eigenvalue weighted by Gasteiger charge is -2.30. The van der Waals surface area contributed by atoms with Crippen LogP contribution in [0.2, 0.25) is 0 Å². The third kappa shape index (κ3) is 3.32. The fraction of sp³-hybridized carbons (Fsp3) is 0.444. The van der Waals surface area contributed by atoms with E-state index in [9.17, 15) is 4.79 Å². The molecule has 0 atom stereocenters. The van der Waals surface area contributed by atoms with Crippen molar-refractivity contribution < 1.29 is 4.79 Å². The van der Waals surface area contributed by atoms with Crippen LogP contribution in [0.5, 0.6) is 0 Å². The predicted octanol–water partition coefficient (Wildman–Crippen LogP) is 3.63. The average molecular weight is 434 g/mol. The van der Waals surface area contributed by atoms with Gasteiger partial charge >= 0.3 is 0 Å². The van der Waals surface area contributed by atoms with Gasteiger partial charge in [0, 0.05) is 30.0 Å². The van der Waals surface area contributed by atoms with Crippen LogP contribution in [0.4, 0.5) is 0 Å². The summed E-state index contributed by atoms with van der Waals surface area (Å²) in [5.41, 5.74) is 2.63. The number of hydrogen-bond acceptors (Lipinski definition) is 5. The zero-order chi connectivity index (χ0) is 18.3. The van der Waals surface area contributed by atoms with Gasteiger partial charge in [0.05, 0.1) is 11.3 Å². The molecule has 0 unspecified atom stereocenters. The van der Waals surface area contributed by atoms with Gasteiger partial charge in [0.25, 0.3) is 0 Å². The number of carbonyl (C=O) groups is 1. The molecule has 0 bridgehead atoms. The summed E-state index contributed by atoms with van der Waals surface area (Å²) in [7, 11) is 1.97. The second-order valence-electron chi connectivity index (χ2n) is 6.84. The number of halogens is 1. The highest BCUT2D eigenvalue weighted by molar-refractivity contribution is 9.10. The molecule has 1 aromatic carbocycles. The number of hydrogen-bond donors (Lipinski definition) is 0. The SMILES string of the molecule is CC1CCN(C(=O)CSc2nnc3c4cc(Br)ccc4n(C)c3n2)CC1. The minimum Gasteiger partial charge on any atom is -0.342 e. The highest BCUT2D eigenvalue weighted by atomic mass is 79.9. The molecule has 1 fully saturated rings. The number of aromatic nitrogens is 4. The van der Waals surface area contributed by atoms with Gasteiger partial charge in [0.15, 0.2) is 5.65 Å². The number of aryl methyl sites for hydroxylation is 1. The van der Waals surface area contributed by atoms with Crippen LogP contribution in [-0.2, 0) is 11.8 Å². The Bertz CT molecular complexity index is 981. The molecule has 1 amide bonds. The van der Waals surface area contributed by atoms with Crippen LogP contribution in [0, 0.1) is 5.92 Å². The van der Waals surface area contributed by atoms with Crippen molar-refractivity contribution in [1.29, 1.82) is 0 Å². The van der Waals surface area contributed by atoms with Crippen molar-refractivity contribution in [2.24, 2.45) is 13.0 Å². The Morgan fingerprint density at radius 2 is 2.08 bits per heavy atom. The molecule has 6 nitrogen and oxygen atoms in total. The first-order valence-corrected chi connectivity index (χ1v) is 10.5. The smallest absolute Gasteiger partial charge is 0.233 e. The molecule has 8 heteroatoms. The van der Waals surface area contributed by atoms with Crippen molar-refractivity contribution >= 4 is 55.7 Å². The van der Waals surface area contributed by atoms with Crippen LogP contribution in [0.25, 0.3) is 22.1 Å². The van der Waals surface area contributed by atoms with Crippen LogP contribution in [0.15, 0.2) is 27.8 Å². The van der Waals surface area contributed by atoms with Gasteiger partial charge in [-0.25, -0.2) is 4.98 Å². The Hall–Kier alpha value is -1.67. The highest BCUT2D eigenvalue weighted by Gasteiger charge is 2.21. The molecule has 0 radical (unpaired) electrons. The molecule has 26 heavy (non-hydrogen) atoms. The van der Waals surface area contributed by atoms with Crippen molar-refractivity contribution in [3.8, 4) is 0 Å². The van der Waals surface area contributed by atoms with Gasteiger partial charge in [-0.1, -0.05) is 34.6 Å². The summed E-state index contributed by atoms with van der Waals surface area (Å²) < 4.78 is 3.02. The van der Waals surface area contributed by atoms with E-state index in [1.165, 1.54) is 11.8 Å². The maximum Gasteiger partial charge on any atom is 0.233 e. The fourth-order valence-electron chi connectivity index (χ4n) is 3.35. The van der Waals surface area contributed by atoms with Crippen LogP contribution >= 0.6 is 27.7 Å². The molecule has 0 spiro atoms. The number of thioether (sulfide) groups is 1. The van der Waals surface area contributed by atoms with Crippen molar-refractivity contribution in [2.45, 2.75) is 24.9 Å². The summed E-state index contributed by atoms with van der Waals surface area (Å²) >= 11 is 4.86. The molecule has 3 heterocycles. The third-order valence-corrected chi connectivity index (χ3v) is 6.32. The second-order valence-corrected chi connectivity index (χ2v) is 8.70. The van der Waals surface area contributed by atoms with Crippen molar-refractivity contribution in [1.82, 2.24) is 24.6 Å². The first-order valence-electron chi connectivity index (χ1n) is 8.72. The Balaban J connectivity index is 1.53. The third-order valence-electron chi connectivity index (χ3n) is 5.00. The molecule has 1 aliphatic heterocycles. The van der Waals surface area contributed by atoms with Gasteiger partial charge in [-0.3, -0.25) is 4.79 Å². The quantitative estimate of drug-likeness (QED) is 0.590. The lowest BCUT2D eigenvalue weighted by Crippen LogP contribution is -2.38. The molecule has 0 saturated carbocycles. The van der Waals surface area contributed by atoms with Gasteiger partial charge in [0.2, 0.25) is 11.1 Å². The van der Waals surface area contributed by atoms with Crippen LogP contribution in [0.1, 0.15) is 19.8 Å². The van der Waals surface area contributed by atoms with Gasteiger partial charge in [-0.15, -0.1) is 10.2 Å². The van der Waals surface area contributed by atoms with Crippen molar-refractivity contribution in [3.05, 3.63) is 22.7 Å². The Morgan fingerprint density at radius 3 is 2.85 bits per heavy atom. The normalized spacial score (nSPS) is 15.9. The van der Waals surface area contributed by atoms with Gasteiger partial charge < -0.3 is 9.47 Å². The Labute approximate surface area is 164 Å². The first kappa shape index (κ1) is 17.7. The van der Waals surface area contributed by atoms with Crippen LogP contribution in [0.3, 0.4) is 0 Å². The summed E-state index contributed by atoms with van der Waals surface area (Å²) in [6.45, 7) is 3.96. The maximum atomic E-state index is 12.4. The van der Waals surface area contributed by atoms with Crippen molar-refractivity contribution in [3.63, 3.8) is 0 Å². The van der Waals surface area contributed by atoms with Crippen LogP contribution < -0.4 is 0 Å². The van der Waals surface area contributed by atoms with Gasteiger partial charge in [-0.05, 0) is 37.0 Å². The summed E-state index contributed by atoms with van der Waals surface area (Å²) in [5, 5.41) is 10.2. The van der Waals surface area contributed by atoms with E-state index in [2.05, 4.69) is 38.0 Å². The predicted molar refractivity (Wildman–Crippen MR) is 107 cm³/mol. The number of nitrogens with zero attached hydrogens (tertiary/aromatic N) is 5. The minimum absolute atomic E-state index is 0.159. The molecular formula is C18H20BrN5OS. The van der Waals surface area contributed by atoms with E-state index in [1.54, 1.807) is 0 Å². The number of piperidine rings is 1. The minimum atomic E-state index is 0.159. The summed E-state index contributed by atoms with van der Waals surface area (Å²) in [4.78, 5) is 19.0. The number of likely N-dealkylation sites (tertiary alicyclic amines) is 1. The summed E-state index contributed by atoms with van der Waals surface area (Å²) in [6.07, 6.45) is 2.18. The molecule has 1 saturated heterocycles. The van der Waals surface area contributed by atoms with E-state index in [0.717, 1.165) is 52.5 Å². The number of rotatable bonds is 3. The van der Waals surface area contributed by atoms with E-state index < -0.39 is 0 Å². The fourth-order valence-corrected chi connectivity index (χ4v) is 4.40. The standard InChI is InChI=1S/C18H20BrN5OS/c1-11-5-7-24(8-6-11)15(25)10-26-18-20-17-16(21-22-18)13-9-12(19)3-4-14(13)23(17)2/h3-4,9,11H,5-8,10H2,1-2H3. The molecule has 1 aliphatic rings. The number of benzene rings is 1. The zero-order valence-electron chi connectivity index (χ0n) is 14.8. The summed E-state index contributed by atoms with van der Waals surface area (Å²) in [5.74, 6) is 1.23. The number of amides is 1. The molecule has 136 valence electrons. The molecule has 3 aromatic rings. The Kier molecular flexibility index (Phi) is 4.88. The molecule has 0 N–H and O–H groups in total. The average Bonchev–Trinajstić information content (AvgIpc) is 2.92. The monoisotopic (exact) mass is 433 g/mol. The van der Waals surface area contributed by atoms with E-state index in [-0.39, 0.29) is 5.91 Å². The van der Waals surface area contributed by atoms with E-state index in [4.69, 9.17) is 0 Å². The number of carbonyl (C=O) groups excluding carboxylic acids is 1. The maximum absolute atomic E-state index is 12.4. The first-order chi connectivity index (χ1) is 12.5. The highest BCUT2D eigenvalue weighted by Crippen LogP contribution is 2.28. The van der Waals surface area contributed by atoms with Crippen LogP contribution in [-0.4, -0.2) is 49.4 Å². The summed E-state index contributed by atoms with van der Waals surface area (Å²) in [6, 6.07) is 6.07. The molecular weight excluding hydrogens is 414 g/mol. The zero-order valence-corrected chi connectivity index (χ0v) is 17.2. The van der Waals surface area contributed by atoms with E-state index in [1.807, 2.05) is 34.7 Å². The molecule has 0 aliphatic carbocycles. The van der Waals surface area contributed by atoms with Gasteiger partial charge in [-0.2, -0.15) is 0 Å². The van der Waals surface area contributed by atoms with E-state index in [0.29, 0.717) is 16.8 Å². The largest absolute Gasteiger partial charge is 0.342 e. The van der Waals surface area contributed by atoms with Crippen molar-refractivity contribution in [2.75, 3.05) is 18.8 Å². The number of fused-ring (bicyclic) bond motifs is 3. The molecule has 4 rings (SSSR count). The van der Waals surface area contributed by atoms with Gasteiger partial charge in [0.1, 0.15) is 5.52 Å². The van der Waals surface area contributed by atoms with E-state index >= 15 is 0 Å².